The summed E-state index contributed by atoms with van der Waals surface area (Å²) in [6.07, 6.45) is 2.62. The van der Waals surface area contributed by atoms with Crippen LogP contribution < -0.4 is 10.1 Å². The van der Waals surface area contributed by atoms with E-state index in [4.69, 9.17) is 4.74 Å². The van der Waals surface area contributed by atoms with Crippen molar-refractivity contribution in [3.63, 3.8) is 0 Å². The zero-order valence-corrected chi connectivity index (χ0v) is 11.7. The highest BCUT2D eigenvalue weighted by Gasteiger charge is 2.15. The van der Waals surface area contributed by atoms with E-state index in [2.05, 4.69) is 31.3 Å². The Balaban J connectivity index is 2.05. The van der Waals surface area contributed by atoms with Crippen LogP contribution in [-0.2, 0) is 0 Å². The van der Waals surface area contributed by atoms with Crippen molar-refractivity contribution in [2.75, 3.05) is 19.4 Å². The number of rotatable bonds is 4. The molecule has 0 saturated carbocycles. The Morgan fingerprint density at radius 3 is 2.76 bits per heavy atom. The van der Waals surface area contributed by atoms with E-state index in [0.29, 0.717) is 6.04 Å². The van der Waals surface area contributed by atoms with Gasteiger partial charge in [-0.1, -0.05) is 0 Å². The smallest absolute Gasteiger partial charge is 0.132 e. The summed E-state index contributed by atoms with van der Waals surface area (Å²) >= 11 is 1.90. The summed E-state index contributed by atoms with van der Waals surface area (Å²) in [5.41, 5.74) is 2.64. The summed E-state index contributed by atoms with van der Waals surface area (Å²) in [4.78, 5) is 1.27. The van der Waals surface area contributed by atoms with Gasteiger partial charge in [0.1, 0.15) is 5.75 Å². The van der Waals surface area contributed by atoms with Gasteiger partial charge in [0.25, 0.3) is 0 Å². The van der Waals surface area contributed by atoms with E-state index in [1.165, 1.54) is 35.4 Å². The number of hydrogen-bond donors (Lipinski definition) is 1. The lowest BCUT2D eigenvalue weighted by Gasteiger charge is -2.14. The van der Waals surface area contributed by atoms with Crippen molar-refractivity contribution in [1.82, 2.24) is 5.32 Å². The van der Waals surface area contributed by atoms with E-state index in [1.807, 2.05) is 11.8 Å². The van der Waals surface area contributed by atoms with E-state index in [9.17, 15) is 0 Å². The molecular formula is C14H21NOS. The third-order valence-corrected chi connectivity index (χ3v) is 4.58. The zero-order valence-electron chi connectivity index (χ0n) is 10.9. The molecule has 17 heavy (non-hydrogen) atoms. The molecule has 1 aromatic rings. The fraction of sp³-hybridized carbons (Fsp3) is 0.571. The van der Waals surface area contributed by atoms with Gasteiger partial charge in [-0.05, 0) is 56.5 Å². The normalized spacial score (nSPS) is 19.6. The molecule has 1 unspecified atom stereocenters. The topological polar surface area (TPSA) is 21.3 Å². The second-order valence-electron chi connectivity index (χ2n) is 4.69. The molecule has 1 aromatic carbocycles. The largest absolute Gasteiger partial charge is 0.496 e. The minimum Gasteiger partial charge on any atom is -0.496 e. The van der Waals surface area contributed by atoms with Gasteiger partial charge in [-0.25, -0.2) is 0 Å². The van der Waals surface area contributed by atoms with Crippen LogP contribution in [0.25, 0.3) is 0 Å². The Morgan fingerprint density at radius 1 is 1.35 bits per heavy atom. The van der Waals surface area contributed by atoms with Crippen molar-refractivity contribution in [2.45, 2.75) is 37.6 Å². The SMILES string of the molecule is COc1cc(C)c(C)cc1SCC1CCCN1. The Morgan fingerprint density at radius 2 is 2.12 bits per heavy atom. The molecule has 1 aliphatic rings. The molecule has 1 N–H and O–H groups in total. The Labute approximate surface area is 108 Å². The predicted molar refractivity (Wildman–Crippen MR) is 74.2 cm³/mol. The van der Waals surface area contributed by atoms with Crippen molar-refractivity contribution in [3.05, 3.63) is 23.3 Å². The van der Waals surface area contributed by atoms with Gasteiger partial charge in [-0.15, -0.1) is 11.8 Å². The summed E-state index contributed by atoms with van der Waals surface area (Å²) < 4.78 is 5.46. The number of aryl methyl sites for hydroxylation is 2. The number of nitrogens with one attached hydrogen (secondary N) is 1. The van der Waals surface area contributed by atoms with Gasteiger partial charge in [0, 0.05) is 16.7 Å². The third-order valence-electron chi connectivity index (χ3n) is 3.38. The van der Waals surface area contributed by atoms with Crippen molar-refractivity contribution in [3.8, 4) is 5.75 Å². The number of methoxy groups -OCH3 is 1. The second-order valence-corrected chi connectivity index (χ2v) is 5.75. The molecule has 94 valence electrons. The van der Waals surface area contributed by atoms with Gasteiger partial charge in [0.15, 0.2) is 0 Å². The highest BCUT2D eigenvalue weighted by Crippen LogP contribution is 2.32. The van der Waals surface area contributed by atoms with Gasteiger partial charge >= 0.3 is 0 Å². The van der Waals surface area contributed by atoms with Crippen molar-refractivity contribution in [2.24, 2.45) is 0 Å². The molecule has 1 aliphatic heterocycles. The molecule has 0 bridgehead atoms. The van der Waals surface area contributed by atoms with Crippen LogP contribution in [0.3, 0.4) is 0 Å². The first-order valence-corrected chi connectivity index (χ1v) is 7.20. The maximum Gasteiger partial charge on any atom is 0.132 e. The standard InChI is InChI=1S/C14H21NOS/c1-10-7-13(16-3)14(8-11(10)2)17-9-12-5-4-6-15-12/h7-8,12,15H,4-6,9H2,1-3H3. The number of hydrogen-bond acceptors (Lipinski definition) is 3. The van der Waals surface area contributed by atoms with E-state index < -0.39 is 0 Å². The molecule has 0 radical (unpaired) electrons. The van der Waals surface area contributed by atoms with Crippen LogP contribution in [0.4, 0.5) is 0 Å². The molecule has 0 amide bonds. The summed E-state index contributed by atoms with van der Waals surface area (Å²) in [5.74, 6) is 2.15. The van der Waals surface area contributed by atoms with E-state index >= 15 is 0 Å². The number of thioether (sulfide) groups is 1. The van der Waals surface area contributed by atoms with Crippen molar-refractivity contribution >= 4 is 11.8 Å². The van der Waals surface area contributed by atoms with Crippen LogP contribution >= 0.6 is 11.8 Å². The fourth-order valence-electron chi connectivity index (χ4n) is 2.12. The first-order valence-electron chi connectivity index (χ1n) is 6.22. The number of benzene rings is 1. The van der Waals surface area contributed by atoms with Gasteiger partial charge in [-0.3, -0.25) is 0 Å². The molecule has 1 saturated heterocycles. The van der Waals surface area contributed by atoms with Crippen LogP contribution in [0, 0.1) is 13.8 Å². The van der Waals surface area contributed by atoms with Crippen LogP contribution in [0.5, 0.6) is 5.75 Å². The summed E-state index contributed by atoms with van der Waals surface area (Å²) in [7, 11) is 1.75. The highest BCUT2D eigenvalue weighted by atomic mass is 32.2. The molecular weight excluding hydrogens is 230 g/mol. The molecule has 1 atom stereocenters. The Bertz CT molecular complexity index is 386. The quantitative estimate of drug-likeness (QED) is 0.831. The Kier molecular flexibility index (Phi) is 4.35. The molecule has 0 spiro atoms. The first-order chi connectivity index (χ1) is 8.20. The molecule has 0 aromatic heterocycles. The molecule has 2 rings (SSSR count). The summed E-state index contributed by atoms with van der Waals surface area (Å²) in [5, 5.41) is 3.53. The maximum atomic E-state index is 5.46. The van der Waals surface area contributed by atoms with Crippen molar-refractivity contribution < 1.29 is 4.74 Å². The average Bonchev–Trinajstić information content (AvgIpc) is 2.83. The van der Waals surface area contributed by atoms with Crippen LogP contribution in [0.15, 0.2) is 17.0 Å². The minimum absolute atomic E-state index is 0.673. The summed E-state index contributed by atoms with van der Waals surface area (Å²) in [6, 6.07) is 5.05. The molecule has 2 nitrogen and oxygen atoms in total. The van der Waals surface area contributed by atoms with Crippen molar-refractivity contribution in [1.29, 1.82) is 0 Å². The lowest BCUT2D eigenvalue weighted by molar-refractivity contribution is 0.404. The lowest BCUT2D eigenvalue weighted by atomic mass is 10.1. The Hall–Kier alpha value is -0.670. The third kappa shape index (κ3) is 3.17. The monoisotopic (exact) mass is 251 g/mol. The fourth-order valence-corrected chi connectivity index (χ4v) is 3.33. The molecule has 1 fully saturated rings. The first kappa shape index (κ1) is 12.8. The van der Waals surface area contributed by atoms with Crippen LogP contribution in [-0.4, -0.2) is 25.4 Å². The molecule has 3 heteroatoms. The average molecular weight is 251 g/mol. The second kappa shape index (κ2) is 5.78. The molecule has 1 heterocycles. The lowest BCUT2D eigenvalue weighted by Crippen LogP contribution is -2.23. The molecule has 0 aliphatic carbocycles. The van der Waals surface area contributed by atoms with E-state index in [0.717, 1.165) is 11.5 Å². The summed E-state index contributed by atoms with van der Waals surface area (Å²) in [6.45, 7) is 5.47. The van der Waals surface area contributed by atoms with Gasteiger partial charge in [-0.2, -0.15) is 0 Å². The number of ether oxygens (including phenoxy) is 1. The van der Waals surface area contributed by atoms with Crippen LogP contribution in [0.1, 0.15) is 24.0 Å². The maximum absolute atomic E-state index is 5.46. The van der Waals surface area contributed by atoms with Gasteiger partial charge < -0.3 is 10.1 Å². The minimum atomic E-state index is 0.673. The van der Waals surface area contributed by atoms with Crippen LogP contribution in [0.2, 0.25) is 0 Å². The van der Waals surface area contributed by atoms with Gasteiger partial charge in [0.2, 0.25) is 0 Å². The van der Waals surface area contributed by atoms with E-state index in [-0.39, 0.29) is 0 Å². The zero-order chi connectivity index (χ0) is 12.3. The van der Waals surface area contributed by atoms with Gasteiger partial charge in [0.05, 0.1) is 7.11 Å². The predicted octanol–water partition coefficient (Wildman–Crippen LogP) is 3.16. The highest BCUT2D eigenvalue weighted by molar-refractivity contribution is 7.99. The van der Waals surface area contributed by atoms with E-state index in [1.54, 1.807) is 7.11 Å².